The van der Waals surface area contributed by atoms with Gasteiger partial charge in [0.1, 0.15) is 18.3 Å². The predicted octanol–water partition coefficient (Wildman–Crippen LogP) is -4.17. The second kappa shape index (κ2) is 7.36. The zero-order valence-electron chi connectivity index (χ0n) is 9.25. The lowest BCUT2D eigenvalue weighted by Crippen LogP contribution is -2.45. The van der Waals surface area contributed by atoms with Crippen molar-refractivity contribution in [2.45, 2.75) is 36.9 Å². The van der Waals surface area contributed by atoms with Gasteiger partial charge in [-0.05, 0) is 0 Å². The molecule has 5 atom stereocenters. The molecular weight excluding hydrogens is 252 g/mol. The van der Waals surface area contributed by atoms with E-state index in [1.807, 2.05) is 0 Å². The molecule has 0 rings (SSSR count). The number of carboxylic acids is 1. The maximum atomic E-state index is 11.2. The van der Waals surface area contributed by atoms with Crippen molar-refractivity contribution in [3.63, 3.8) is 0 Å². The first-order valence-electron chi connectivity index (χ1n) is 4.99. The minimum Gasteiger partial charge on any atom is -0.479 e. The summed E-state index contributed by atoms with van der Waals surface area (Å²) < 4.78 is 0. The van der Waals surface area contributed by atoms with Crippen LogP contribution in [0, 0.1) is 0 Å². The Labute approximate surface area is 102 Å². The van der Waals surface area contributed by atoms with Gasteiger partial charge in [-0.3, -0.25) is 4.79 Å². The van der Waals surface area contributed by atoms with E-state index in [4.69, 9.17) is 25.5 Å². The minimum atomic E-state index is -2.34. The molecule has 0 fully saturated rings. The maximum absolute atomic E-state index is 11.2. The summed E-state index contributed by atoms with van der Waals surface area (Å²) in [6, 6.07) is 0. The summed E-state index contributed by atoms with van der Waals surface area (Å²) in [7, 11) is 0. The summed E-state index contributed by atoms with van der Waals surface area (Å²) in [4.78, 5) is 21.5. The average Bonchev–Trinajstić information content (AvgIpc) is 2.34. The first-order valence-corrected chi connectivity index (χ1v) is 4.99. The number of carboxylic acid groups (broad SMARTS) is 1. The van der Waals surface area contributed by atoms with Gasteiger partial charge in [0.15, 0.2) is 11.9 Å². The van der Waals surface area contributed by atoms with Crippen LogP contribution in [0.3, 0.4) is 0 Å². The highest BCUT2D eigenvalue weighted by molar-refractivity contribution is 5.89. The molecule has 0 saturated heterocycles. The lowest BCUT2D eigenvalue weighted by atomic mass is 9.99. The van der Waals surface area contributed by atoms with Crippen molar-refractivity contribution >= 4 is 11.8 Å². The van der Waals surface area contributed by atoms with Crippen molar-refractivity contribution in [2.75, 3.05) is 6.61 Å². The van der Waals surface area contributed by atoms with Crippen LogP contribution in [0.5, 0.6) is 0 Å². The molecule has 18 heavy (non-hydrogen) atoms. The number of hydrogen-bond donors (Lipinski definition) is 7. The van der Waals surface area contributed by atoms with Gasteiger partial charge in [0.2, 0.25) is 0 Å². The fraction of sp³-hybridized carbons (Fsp3) is 0.778. The first-order chi connectivity index (χ1) is 8.22. The fourth-order valence-corrected chi connectivity index (χ4v) is 1.12. The smallest absolute Gasteiger partial charge is 0.335 e. The van der Waals surface area contributed by atoms with Crippen molar-refractivity contribution < 1.29 is 45.3 Å². The summed E-state index contributed by atoms with van der Waals surface area (Å²) in [5.74, 6) is -3.04. The lowest BCUT2D eigenvalue weighted by Gasteiger charge is -2.22. The number of hydrogen-bond acceptors (Lipinski definition) is 8. The first kappa shape index (κ1) is 16.9. The van der Waals surface area contributed by atoms with Crippen LogP contribution in [-0.4, -0.2) is 84.6 Å². The molecule has 0 aromatic rings. The highest BCUT2D eigenvalue weighted by Gasteiger charge is 2.33. The van der Waals surface area contributed by atoms with E-state index < -0.39 is 55.3 Å². The van der Waals surface area contributed by atoms with Crippen LogP contribution < -0.4 is 0 Å². The lowest BCUT2D eigenvalue weighted by molar-refractivity contribution is -0.159. The van der Waals surface area contributed by atoms with Crippen LogP contribution in [-0.2, 0) is 9.59 Å². The van der Waals surface area contributed by atoms with Crippen LogP contribution in [0.1, 0.15) is 6.42 Å². The third kappa shape index (κ3) is 4.64. The van der Waals surface area contributed by atoms with E-state index in [0.29, 0.717) is 0 Å². The van der Waals surface area contributed by atoms with Gasteiger partial charge < -0.3 is 35.7 Å². The SMILES string of the molecule is O=C(O)C(O)[C@H](O)C(=O)C[C@@H](O)[C@H](O)[C@@H](O)CO. The number of carbonyl (C=O) groups excluding carboxylic acids is 1. The van der Waals surface area contributed by atoms with E-state index in [1.165, 1.54) is 0 Å². The fourth-order valence-electron chi connectivity index (χ4n) is 1.12. The normalized spacial score (nSPS) is 19.7. The van der Waals surface area contributed by atoms with Crippen molar-refractivity contribution in [3.05, 3.63) is 0 Å². The molecule has 0 saturated carbocycles. The summed E-state index contributed by atoms with van der Waals surface area (Å²) in [5, 5.41) is 62.2. The highest BCUT2D eigenvalue weighted by Crippen LogP contribution is 2.08. The zero-order chi connectivity index (χ0) is 14.5. The highest BCUT2D eigenvalue weighted by atomic mass is 16.4. The van der Waals surface area contributed by atoms with Crippen LogP contribution in [0.15, 0.2) is 0 Å². The molecule has 0 aromatic heterocycles. The third-order valence-electron chi connectivity index (χ3n) is 2.27. The molecule has 0 spiro atoms. The molecule has 9 heteroatoms. The Morgan fingerprint density at radius 1 is 0.889 bits per heavy atom. The Morgan fingerprint density at radius 3 is 1.78 bits per heavy atom. The van der Waals surface area contributed by atoms with Crippen LogP contribution in [0.4, 0.5) is 0 Å². The van der Waals surface area contributed by atoms with E-state index in [0.717, 1.165) is 0 Å². The van der Waals surface area contributed by atoms with E-state index in [1.54, 1.807) is 0 Å². The van der Waals surface area contributed by atoms with E-state index in [-0.39, 0.29) is 0 Å². The molecule has 0 amide bonds. The summed E-state index contributed by atoms with van der Waals surface area (Å²) in [6.07, 6.45) is -10.8. The number of aliphatic hydroxyl groups excluding tert-OH is 6. The zero-order valence-corrected chi connectivity index (χ0v) is 9.25. The topological polar surface area (TPSA) is 176 Å². The molecule has 0 aromatic carbocycles. The molecule has 7 N–H and O–H groups in total. The van der Waals surface area contributed by atoms with Crippen molar-refractivity contribution in [1.29, 1.82) is 0 Å². The summed E-state index contributed by atoms with van der Waals surface area (Å²) >= 11 is 0. The molecule has 0 aliphatic heterocycles. The number of Topliss-reactive ketones (excluding diaryl/α,β-unsaturated/α-hetero) is 1. The van der Waals surface area contributed by atoms with Crippen LogP contribution in [0.2, 0.25) is 0 Å². The molecular formula is C9H16O9. The molecule has 0 heterocycles. The number of rotatable bonds is 8. The van der Waals surface area contributed by atoms with Gasteiger partial charge in [-0.2, -0.15) is 0 Å². The Balaban J connectivity index is 4.43. The van der Waals surface area contributed by atoms with Crippen LogP contribution >= 0.6 is 0 Å². The van der Waals surface area contributed by atoms with Gasteiger partial charge in [0.05, 0.1) is 12.7 Å². The molecule has 106 valence electrons. The molecule has 1 unspecified atom stereocenters. The minimum absolute atomic E-state index is 0.854. The average molecular weight is 268 g/mol. The van der Waals surface area contributed by atoms with Gasteiger partial charge in [-0.1, -0.05) is 0 Å². The van der Waals surface area contributed by atoms with Gasteiger partial charge in [-0.25, -0.2) is 4.79 Å². The quantitative estimate of drug-likeness (QED) is 0.230. The Morgan fingerprint density at radius 2 is 1.39 bits per heavy atom. The predicted molar refractivity (Wildman–Crippen MR) is 54.4 cm³/mol. The number of ketones is 1. The maximum Gasteiger partial charge on any atom is 0.335 e. The monoisotopic (exact) mass is 268 g/mol. The summed E-state index contributed by atoms with van der Waals surface area (Å²) in [5.41, 5.74) is 0. The van der Waals surface area contributed by atoms with E-state index in [2.05, 4.69) is 0 Å². The molecule has 0 aliphatic rings. The Hall–Kier alpha value is -1.10. The Bertz CT molecular complexity index is 292. The largest absolute Gasteiger partial charge is 0.479 e. The molecule has 0 radical (unpaired) electrons. The summed E-state index contributed by atoms with van der Waals surface area (Å²) in [6.45, 7) is -0.854. The van der Waals surface area contributed by atoms with Crippen LogP contribution in [0.25, 0.3) is 0 Å². The second-order valence-corrected chi connectivity index (χ2v) is 3.71. The van der Waals surface area contributed by atoms with Gasteiger partial charge >= 0.3 is 5.97 Å². The second-order valence-electron chi connectivity index (χ2n) is 3.71. The van der Waals surface area contributed by atoms with Gasteiger partial charge in [0.25, 0.3) is 0 Å². The number of aliphatic hydroxyl groups is 6. The molecule has 9 nitrogen and oxygen atoms in total. The van der Waals surface area contributed by atoms with Crippen molar-refractivity contribution in [3.8, 4) is 0 Å². The third-order valence-corrected chi connectivity index (χ3v) is 2.27. The molecule has 0 aliphatic carbocycles. The van der Waals surface area contributed by atoms with Gasteiger partial charge in [-0.15, -0.1) is 0 Å². The van der Waals surface area contributed by atoms with Crippen molar-refractivity contribution in [1.82, 2.24) is 0 Å². The number of carbonyl (C=O) groups is 2. The molecule has 0 bridgehead atoms. The standard InChI is InChI=1S/C9H16O9/c10-2-5(13)6(14)3(11)1-4(12)7(15)8(16)9(17)18/h3,5-8,10-11,13-16H,1-2H2,(H,17,18)/t3-,5+,6+,7-,8?/m1/s1. The van der Waals surface area contributed by atoms with Gasteiger partial charge in [0, 0.05) is 6.42 Å². The number of aliphatic carboxylic acids is 1. The van der Waals surface area contributed by atoms with E-state index in [9.17, 15) is 19.8 Å². The van der Waals surface area contributed by atoms with E-state index >= 15 is 0 Å². The Kier molecular flexibility index (Phi) is 6.91. The van der Waals surface area contributed by atoms with Crippen molar-refractivity contribution in [2.24, 2.45) is 0 Å².